The van der Waals surface area contributed by atoms with E-state index in [1.165, 1.54) is 44.7 Å². The summed E-state index contributed by atoms with van der Waals surface area (Å²) in [5.41, 5.74) is -1.53. The highest BCUT2D eigenvalue weighted by Gasteiger charge is 2.51. The number of carbonyl (C=O) groups excluding carboxylic acids is 1. The molecule has 0 aromatic heterocycles. The molecule has 21 nitrogen and oxygen atoms in total. The zero-order valence-electron chi connectivity index (χ0n) is 36.3. The predicted octanol–water partition coefficient (Wildman–Crippen LogP) is -3.47. The maximum Gasteiger partial charge on any atom is 0.230 e. The second-order valence-corrected chi connectivity index (χ2v) is 19.8. The van der Waals surface area contributed by atoms with Crippen molar-refractivity contribution in [2.24, 2.45) is 0 Å². The van der Waals surface area contributed by atoms with Crippen molar-refractivity contribution in [2.75, 3.05) is 82.6 Å². The fraction of sp³-hybridized carbons (Fsp3) is 0.974. The Kier molecular flexibility index (Phi) is 24.3. The first-order chi connectivity index (χ1) is 30.1. The van der Waals surface area contributed by atoms with Gasteiger partial charge < -0.3 is 99.0 Å². The minimum atomic E-state index is -1.62. The quantitative estimate of drug-likeness (QED) is 0.0376. The molecule has 4 aliphatic rings. The van der Waals surface area contributed by atoms with Crippen molar-refractivity contribution in [3.63, 3.8) is 0 Å². The third-order valence-corrected chi connectivity index (χ3v) is 15.1. The van der Waals surface area contributed by atoms with Crippen LogP contribution in [-0.4, -0.2) is 255 Å². The SMILES string of the molecule is CCCSCCCOC1C(OCC2OC(OC)C(O)C(O)C2O)OC(COC2OC(COC)C(O)C(O)C2OCCSCCNC(=O)CSC2CCC(O)C(O)C2(C)O)C(O)C1O. The Morgan fingerprint density at radius 2 is 1.22 bits per heavy atom. The van der Waals surface area contributed by atoms with Crippen LogP contribution in [0.15, 0.2) is 0 Å². The molecular weight excluding hydrogens is 899 g/mol. The Morgan fingerprint density at radius 1 is 0.667 bits per heavy atom. The molecule has 1 aliphatic carbocycles. The second kappa shape index (κ2) is 27.7. The molecule has 19 unspecified atom stereocenters. The summed E-state index contributed by atoms with van der Waals surface area (Å²) in [6.45, 7) is 3.19. The van der Waals surface area contributed by atoms with Crippen LogP contribution in [0.2, 0.25) is 0 Å². The Bertz CT molecular complexity index is 1300. The monoisotopic (exact) mass is 969 g/mol. The molecule has 1 saturated carbocycles. The van der Waals surface area contributed by atoms with Crippen LogP contribution < -0.4 is 5.32 Å². The summed E-state index contributed by atoms with van der Waals surface area (Å²) in [4.78, 5) is 12.5. The molecule has 11 N–H and O–H groups in total. The Balaban J connectivity index is 1.31. The van der Waals surface area contributed by atoms with Crippen LogP contribution in [0.4, 0.5) is 0 Å². The van der Waals surface area contributed by atoms with E-state index in [9.17, 15) is 55.9 Å². The van der Waals surface area contributed by atoms with Crippen molar-refractivity contribution in [3.8, 4) is 0 Å². The molecule has 0 aromatic carbocycles. The van der Waals surface area contributed by atoms with Gasteiger partial charge in [-0.3, -0.25) is 4.79 Å². The smallest absolute Gasteiger partial charge is 0.230 e. The molecule has 24 heteroatoms. The van der Waals surface area contributed by atoms with Gasteiger partial charge >= 0.3 is 0 Å². The van der Waals surface area contributed by atoms with Crippen LogP contribution in [0.1, 0.15) is 39.5 Å². The van der Waals surface area contributed by atoms with E-state index in [0.29, 0.717) is 37.3 Å². The standard InChI is InChI=1S/C39H71NO20S3/c1-5-12-61-13-6-10-54-33-31(48)28(45)23(60-37(33)56-17-22-26(43)29(46)32(49)36(53-4)58-22)18-57-38-34(30(47)27(44)21(59-38)16-52-3)55-11-15-62-14-9-40-25(42)19-63-24-8-7-20(41)35(50)39(24,2)51/h20-24,26-38,41,43-51H,5-19H2,1-4H3,(H,40,42). The van der Waals surface area contributed by atoms with Gasteiger partial charge in [0.05, 0.1) is 38.3 Å². The van der Waals surface area contributed by atoms with Crippen LogP contribution in [0, 0.1) is 0 Å². The molecule has 4 fully saturated rings. The lowest BCUT2D eigenvalue weighted by atomic mass is 9.81. The van der Waals surface area contributed by atoms with Gasteiger partial charge in [0, 0.05) is 44.1 Å². The van der Waals surface area contributed by atoms with E-state index in [2.05, 4.69) is 12.2 Å². The van der Waals surface area contributed by atoms with E-state index >= 15 is 0 Å². The van der Waals surface area contributed by atoms with Gasteiger partial charge in [-0.1, -0.05) is 6.92 Å². The first-order valence-electron chi connectivity index (χ1n) is 21.4. The van der Waals surface area contributed by atoms with Crippen molar-refractivity contribution in [1.82, 2.24) is 5.32 Å². The molecule has 19 atom stereocenters. The highest BCUT2D eigenvalue weighted by molar-refractivity contribution is 8.00. The van der Waals surface area contributed by atoms with E-state index in [4.69, 9.17) is 42.6 Å². The summed E-state index contributed by atoms with van der Waals surface area (Å²) in [5, 5.41) is 109. The second-order valence-electron chi connectivity index (χ2n) is 16.1. The van der Waals surface area contributed by atoms with E-state index in [-0.39, 0.29) is 31.5 Å². The van der Waals surface area contributed by atoms with Gasteiger partial charge in [-0.15, -0.1) is 11.8 Å². The highest BCUT2D eigenvalue weighted by atomic mass is 32.2. The number of carbonyl (C=O) groups is 1. The number of aliphatic hydroxyl groups excluding tert-OH is 9. The summed E-state index contributed by atoms with van der Waals surface area (Å²) in [6.07, 6.45) is -20.5. The summed E-state index contributed by atoms with van der Waals surface area (Å²) >= 11 is 4.42. The molecule has 4 rings (SSSR count). The number of hydrogen-bond acceptors (Lipinski definition) is 23. The lowest BCUT2D eigenvalue weighted by Gasteiger charge is -2.45. The molecule has 63 heavy (non-hydrogen) atoms. The van der Waals surface area contributed by atoms with E-state index in [1.54, 1.807) is 11.8 Å². The van der Waals surface area contributed by atoms with E-state index in [0.717, 1.165) is 17.9 Å². The van der Waals surface area contributed by atoms with Gasteiger partial charge in [0.25, 0.3) is 0 Å². The van der Waals surface area contributed by atoms with Crippen molar-refractivity contribution >= 4 is 41.2 Å². The minimum Gasteiger partial charge on any atom is -0.390 e. The Morgan fingerprint density at radius 3 is 1.81 bits per heavy atom. The summed E-state index contributed by atoms with van der Waals surface area (Å²) < 4.78 is 51.9. The third-order valence-electron chi connectivity index (χ3n) is 11.3. The van der Waals surface area contributed by atoms with Gasteiger partial charge in [0.2, 0.25) is 5.91 Å². The first kappa shape index (κ1) is 55.4. The maximum atomic E-state index is 12.5. The number of methoxy groups -OCH3 is 2. The minimum absolute atomic E-state index is 0.0682. The Labute approximate surface area is 381 Å². The average molecular weight is 970 g/mol. The number of aliphatic hydroxyl groups is 10. The van der Waals surface area contributed by atoms with Crippen LogP contribution in [0.5, 0.6) is 0 Å². The molecule has 0 aromatic rings. The number of thioether (sulfide) groups is 3. The predicted molar refractivity (Wildman–Crippen MR) is 229 cm³/mol. The summed E-state index contributed by atoms with van der Waals surface area (Å²) in [7, 11) is 2.65. The van der Waals surface area contributed by atoms with Gasteiger partial charge in [0.1, 0.15) is 85.0 Å². The van der Waals surface area contributed by atoms with Crippen LogP contribution >= 0.6 is 35.3 Å². The zero-order valence-corrected chi connectivity index (χ0v) is 38.7. The number of rotatable bonds is 26. The number of hydrogen-bond donors (Lipinski definition) is 11. The normalized spacial score (nSPS) is 41.1. The number of nitrogens with one attached hydrogen (secondary N) is 1. The molecule has 3 heterocycles. The van der Waals surface area contributed by atoms with Crippen molar-refractivity contribution < 1.29 is 98.5 Å². The molecule has 0 bridgehead atoms. The summed E-state index contributed by atoms with van der Waals surface area (Å²) in [5.74, 6) is 2.52. The molecule has 370 valence electrons. The topological polar surface area (TPSA) is 314 Å². The molecule has 0 radical (unpaired) electrons. The highest BCUT2D eigenvalue weighted by Crippen LogP contribution is 2.37. The lowest BCUT2D eigenvalue weighted by molar-refractivity contribution is -0.347. The largest absolute Gasteiger partial charge is 0.390 e. The van der Waals surface area contributed by atoms with Gasteiger partial charge in [-0.05, 0) is 44.1 Å². The first-order valence-corrected chi connectivity index (χ1v) is 24.8. The molecule has 3 saturated heterocycles. The van der Waals surface area contributed by atoms with E-state index < -0.39 is 128 Å². The number of ether oxygens (including phenoxy) is 9. The van der Waals surface area contributed by atoms with Crippen molar-refractivity contribution in [3.05, 3.63) is 0 Å². The molecule has 1 amide bonds. The fourth-order valence-corrected chi connectivity index (χ4v) is 10.3. The maximum absolute atomic E-state index is 12.5. The lowest BCUT2D eigenvalue weighted by Crippen LogP contribution is -2.63. The average Bonchev–Trinajstić information content (AvgIpc) is 3.26. The molecule has 0 spiro atoms. The van der Waals surface area contributed by atoms with Crippen LogP contribution in [-0.2, 0) is 47.4 Å². The zero-order chi connectivity index (χ0) is 46.3. The fourth-order valence-electron chi connectivity index (χ4n) is 7.57. The van der Waals surface area contributed by atoms with Gasteiger partial charge in [-0.2, -0.15) is 23.5 Å². The summed E-state index contributed by atoms with van der Waals surface area (Å²) in [6, 6.07) is 0. The van der Waals surface area contributed by atoms with Crippen molar-refractivity contribution in [2.45, 2.75) is 155 Å². The van der Waals surface area contributed by atoms with Gasteiger partial charge in [0.15, 0.2) is 18.9 Å². The van der Waals surface area contributed by atoms with E-state index in [1.807, 2.05) is 0 Å². The van der Waals surface area contributed by atoms with Gasteiger partial charge in [-0.25, -0.2) is 0 Å². The van der Waals surface area contributed by atoms with Crippen molar-refractivity contribution in [1.29, 1.82) is 0 Å². The molecule has 3 aliphatic heterocycles. The van der Waals surface area contributed by atoms with Crippen LogP contribution in [0.3, 0.4) is 0 Å². The third kappa shape index (κ3) is 15.6. The number of amides is 1. The molecular formula is C39H71NO20S3. The van der Waals surface area contributed by atoms with Crippen LogP contribution in [0.25, 0.3) is 0 Å². The Hall–Kier alpha value is -0.240.